The largest absolute Gasteiger partial charge is 0.441 e. The monoisotopic (exact) mass is 187 g/mol. The molecule has 0 fully saturated rings. The van der Waals surface area contributed by atoms with Crippen LogP contribution >= 0.6 is 0 Å². The van der Waals surface area contributed by atoms with Crippen molar-refractivity contribution in [3.8, 4) is 0 Å². The molecule has 2 N–H and O–H groups in total. The molecule has 0 saturated heterocycles. The second kappa shape index (κ2) is 2.77. The fourth-order valence-electron chi connectivity index (χ4n) is 2.29. The molecule has 1 heterocycles. The van der Waals surface area contributed by atoms with Gasteiger partial charge in [-0.05, 0) is 48.9 Å². The predicted octanol–water partition coefficient (Wildman–Crippen LogP) is 2.89. The van der Waals surface area contributed by atoms with Gasteiger partial charge in [0.15, 0.2) is 5.88 Å². The number of fused-ring (bicyclic) bond motifs is 2. The Labute approximate surface area is 82.7 Å². The van der Waals surface area contributed by atoms with Crippen LogP contribution in [0.5, 0.6) is 0 Å². The minimum absolute atomic E-state index is 0.516. The number of nitrogen functional groups attached to an aromatic ring is 1. The fourth-order valence-corrected chi connectivity index (χ4v) is 2.29. The Balaban J connectivity index is 2.26. The molecule has 14 heavy (non-hydrogen) atoms. The van der Waals surface area contributed by atoms with Crippen molar-refractivity contribution >= 4 is 16.9 Å². The molecule has 2 heteroatoms. The summed E-state index contributed by atoms with van der Waals surface area (Å²) in [4.78, 5) is 0. The van der Waals surface area contributed by atoms with Crippen molar-refractivity contribution in [3.63, 3.8) is 0 Å². The maximum atomic E-state index is 5.62. The van der Waals surface area contributed by atoms with Crippen LogP contribution in [0.25, 0.3) is 11.0 Å². The first kappa shape index (κ1) is 7.92. The second-order valence-corrected chi connectivity index (χ2v) is 4.01. The number of nitrogens with two attached hydrogens (primary N) is 1. The lowest BCUT2D eigenvalue weighted by Crippen LogP contribution is -2.01. The number of hydrogen-bond donors (Lipinski definition) is 1. The van der Waals surface area contributed by atoms with Crippen LogP contribution in [-0.2, 0) is 12.8 Å². The Bertz CT molecular complexity index is 441. The van der Waals surface area contributed by atoms with Crippen molar-refractivity contribution in [2.45, 2.75) is 25.7 Å². The number of anilines is 1. The van der Waals surface area contributed by atoms with Crippen LogP contribution in [0.2, 0.25) is 0 Å². The highest BCUT2D eigenvalue weighted by molar-refractivity contribution is 5.82. The van der Waals surface area contributed by atoms with Crippen LogP contribution in [0.15, 0.2) is 22.6 Å². The Kier molecular flexibility index (Phi) is 1.57. The molecule has 0 aliphatic heterocycles. The molecular weight excluding hydrogens is 174 g/mol. The average molecular weight is 187 g/mol. The molecule has 0 saturated carbocycles. The normalized spacial score (nSPS) is 15.7. The topological polar surface area (TPSA) is 39.2 Å². The molecule has 0 unspecified atom stereocenters. The predicted molar refractivity (Wildman–Crippen MR) is 57.3 cm³/mol. The zero-order valence-electron chi connectivity index (χ0n) is 8.05. The van der Waals surface area contributed by atoms with Gasteiger partial charge >= 0.3 is 0 Å². The summed E-state index contributed by atoms with van der Waals surface area (Å²) in [6, 6.07) is 6.29. The Morgan fingerprint density at radius 1 is 1.00 bits per heavy atom. The first-order valence-electron chi connectivity index (χ1n) is 5.14. The van der Waals surface area contributed by atoms with Crippen molar-refractivity contribution in [1.29, 1.82) is 0 Å². The van der Waals surface area contributed by atoms with E-state index in [0.717, 1.165) is 11.0 Å². The molecule has 0 radical (unpaired) electrons. The van der Waals surface area contributed by atoms with Crippen LogP contribution in [0.3, 0.4) is 0 Å². The number of aryl methyl sites for hydroxylation is 2. The molecule has 1 aliphatic carbocycles. The summed E-state index contributed by atoms with van der Waals surface area (Å²) >= 11 is 0. The van der Waals surface area contributed by atoms with Crippen molar-refractivity contribution in [1.82, 2.24) is 0 Å². The highest BCUT2D eigenvalue weighted by atomic mass is 16.3. The van der Waals surface area contributed by atoms with Gasteiger partial charge < -0.3 is 10.2 Å². The van der Waals surface area contributed by atoms with Gasteiger partial charge in [-0.1, -0.05) is 0 Å². The minimum atomic E-state index is 0.516. The van der Waals surface area contributed by atoms with E-state index in [1.807, 2.05) is 6.07 Å². The van der Waals surface area contributed by atoms with E-state index in [9.17, 15) is 0 Å². The number of hydrogen-bond acceptors (Lipinski definition) is 2. The fraction of sp³-hybridized carbons (Fsp3) is 0.333. The second-order valence-electron chi connectivity index (χ2n) is 4.01. The molecule has 0 amide bonds. The summed E-state index contributed by atoms with van der Waals surface area (Å²) in [7, 11) is 0. The summed E-state index contributed by atoms with van der Waals surface area (Å²) < 4.78 is 5.41. The van der Waals surface area contributed by atoms with Crippen LogP contribution in [0.1, 0.15) is 24.0 Å². The van der Waals surface area contributed by atoms with Crippen molar-refractivity contribution < 1.29 is 4.42 Å². The third kappa shape index (κ3) is 1.10. The number of rotatable bonds is 0. The highest BCUT2D eigenvalue weighted by Crippen LogP contribution is 2.29. The maximum Gasteiger partial charge on any atom is 0.191 e. The number of benzene rings is 1. The van der Waals surface area contributed by atoms with Crippen LogP contribution in [0.4, 0.5) is 5.88 Å². The first-order chi connectivity index (χ1) is 6.83. The van der Waals surface area contributed by atoms with E-state index in [2.05, 4.69) is 12.1 Å². The lowest BCUT2D eigenvalue weighted by atomic mass is 9.91. The van der Waals surface area contributed by atoms with E-state index in [1.165, 1.54) is 36.8 Å². The van der Waals surface area contributed by atoms with Gasteiger partial charge in [0, 0.05) is 11.5 Å². The van der Waals surface area contributed by atoms with Crippen LogP contribution in [-0.4, -0.2) is 0 Å². The van der Waals surface area contributed by atoms with Gasteiger partial charge in [-0.2, -0.15) is 0 Å². The smallest absolute Gasteiger partial charge is 0.191 e. The molecule has 0 bridgehead atoms. The van der Waals surface area contributed by atoms with E-state index < -0.39 is 0 Å². The molecule has 72 valence electrons. The van der Waals surface area contributed by atoms with Gasteiger partial charge in [0.05, 0.1) is 0 Å². The van der Waals surface area contributed by atoms with Gasteiger partial charge in [-0.25, -0.2) is 0 Å². The van der Waals surface area contributed by atoms with E-state index >= 15 is 0 Å². The average Bonchev–Trinajstić information content (AvgIpc) is 2.53. The Hall–Kier alpha value is -1.44. The molecule has 3 rings (SSSR count). The quantitative estimate of drug-likeness (QED) is 0.688. The lowest BCUT2D eigenvalue weighted by molar-refractivity contribution is 0.633. The maximum absolute atomic E-state index is 5.62. The SMILES string of the molecule is Nc1cc2cc3c(cc2o1)CCCC3. The number of furan rings is 1. The zero-order chi connectivity index (χ0) is 9.54. The van der Waals surface area contributed by atoms with Gasteiger partial charge in [0.2, 0.25) is 0 Å². The van der Waals surface area contributed by atoms with Gasteiger partial charge in [0.1, 0.15) is 5.58 Å². The third-order valence-electron chi connectivity index (χ3n) is 3.00. The molecule has 1 aromatic carbocycles. The van der Waals surface area contributed by atoms with Gasteiger partial charge in [-0.15, -0.1) is 0 Å². The van der Waals surface area contributed by atoms with E-state index in [-0.39, 0.29) is 0 Å². The van der Waals surface area contributed by atoms with Crippen LogP contribution < -0.4 is 5.73 Å². The molecule has 1 aliphatic rings. The van der Waals surface area contributed by atoms with Crippen molar-refractivity contribution in [2.75, 3.05) is 5.73 Å². The molecule has 2 nitrogen and oxygen atoms in total. The highest BCUT2D eigenvalue weighted by Gasteiger charge is 2.11. The molecule has 2 aromatic rings. The lowest BCUT2D eigenvalue weighted by Gasteiger charge is -2.14. The molecule has 1 aromatic heterocycles. The van der Waals surface area contributed by atoms with E-state index in [4.69, 9.17) is 10.2 Å². The first-order valence-corrected chi connectivity index (χ1v) is 5.14. The van der Waals surface area contributed by atoms with E-state index in [0.29, 0.717) is 5.88 Å². The summed E-state index contributed by atoms with van der Waals surface area (Å²) in [6.45, 7) is 0. The molecular formula is C12H13NO. The van der Waals surface area contributed by atoms with E-state index in [1.54, 1.807) is 0 Å². The minimum Gasteiger partial charge on any atom is -0.441 e. The Morgan fingerprint density at radius 2 is 1.71 bits per heavy atom. The zero-order valence-corrected chi connectivity index (χ0v) is 8.05. The Morgan fingerprint density at radius 3 is 2.50 bits per heavy atom. The van der Waals surface area contributed by atoms with Gasteiger partial charge in [0.25, 0.3) is 0 Å². The van der Waals surface area contributed by atoms with Gasteiger partial charge in [-0.3, -0.25) is 0 Å². The van der Waals surface area contributed by atoms with Crippen molar-refractivity contribution in [2.24, 2.45) is 0 Å². The standard InChI is InChI=1S/C12H13NO/c13-12-7-10-5-8-3-1-2-4-9(8)6-11(10)14-12/h5-7H,1-4,13H2. The third-order valence-corrected chi connectivity index (χ3v) is 3.00. The molecule has 0 atom stereocenters. The van der Waals surface area contributed by atoms with Crippen LogP contribution in [0, 0.1) is 0 Å². The summed E-state index contributed by atoms with van der Waals surface area (Å²) in [6.07, 6.45) is 5.00. The molecule has 0 spiro atoms. The summed E-state index contributed by atoms with van der Waals surface area (Å²) in [5.41, 5.74) is 9.48. The summed E-state index contributed by atoms with van der Waals surface area (Å²) in [5.74, 6) is 0.516. The van der Waals surface area contributed by atoms with Crippen molar-refractivity contribution in [3.05, 3.63) is 29.3 Å². The summed E-state index contributed by atoms with van der Waals surface area (Å²) in [5, 5.41) is 1.14.